The Kier molecular flexibility index (Phi) is 11.9. The van der Waals surface area contributed by atoms with E-state index in [1.165, 1.54) is 24.0 Å². The van der Waals surface area contributed by atoms with Crippen LogP contribution in [0.15, 0.2) is 114 Å². The molecule has 59 heavy (non-hydrogen) atoms. The van der Waals surface area contributed by atoms with Crippen LogP contribution < -0.4 is 5.32 Å². The summed E-state index contributed by atoms with van der Waals surface area (Å²) in [7, 11) is 0. The monoisotopic (exact) mass is 854 g/mol. The summed E-state index contributed by atoms with van der Waals surface area (Å²) in [6.07, 6.45) is 15.2. The summed E-state index contributed by atoms with van der Waals surface area (Å²) in [6, 6.07) is 25.3. The maximum absolute atomic E-state index is 12.4. The van der Waals surface area contributed by atoms with Crippen molar-refractivity contribution in [1.29, 1.82) is 0 Å². The van der Waals surface area contributed by atoms with Gasteiger partial charge in [0, 0.05) is 67.0 Å². The molecule has 3 aromatic carbocycles. The zero-order chi connectivity index (χ0) is 41.1. The van der Waals surface area contributed by atoms with Gasteiger partial charge in [-0.25, -0.2) is 23.8 Å². The normalized spacial score (nSPS) is 17.7. The number of ether oxygens (including phenoxy) is 1. The van der Waals surface area contributed by atoms with Gasteiger partial charge < -0.3 is 20.1 Å². The minimum absolute atomic E-state index is 0.219. The number of hydrogen-bond acceptors (Lipinski definition) is 8. The van der Waals surface area contributed by atoms with Crippen molar-refractivity contribution in [2.24, 2.45) is 0 Å². The van der Waals surface area contributed by atoms with E-state index in [-0.39, 0.29) is 6.09 Å². The molecule has 1 amide bonds. The van der Waals surface area contributed by atoms with Gasteiger partial charge in [-0.15, -0.1) is 0 Å². The summed E-state index contributed by atoms with van der Waals surface area (Å²) in [5.74, 6) is 0.937. The average Bonchev–Trinajstić information content (AvgIpc) is 3.86. The molecular formula is C47H51BrN8O3. The summed E-state index contributed by atoms with van der Waals surface area (Å²) in [5, 5.41) is 22.2. The van der Waals surface area contributed by atoms with Crippen molar-refractivity contribution in [2.45, 2.75) is 76.9 Å². The molecule has 2 aliphatic rings. The number of hydrogen-bond donors (Lipinski definition) is 2. The summed E-state index contributed by atoms with van der Waals surface area (Å²) in [4.78, 5) is 23.4. The van der Waals surface area contributed by atoms with Crippen LogP contribution in [0.25, 0.3) is 44.7 Å². The molecule has 9 rings (SSSR count). The number of carbonyl (C=O) groups is 1. The number of nitrogens with zero attached hydrogens (tertiary/aromatic N) is 7. The number of piperidine rings is 2. The molecule has 11 nitrogen and oxygen atoms in total. The Hall–Kier alpha value is -5.43. The first-order valence-electron chi connectivity index (χ1n) is 20.5. The zero-order valence-electron chi connectivity index (χ0n) is 34.1. The van der Waals surface area contributed by atoms with Gasteiger partial charge in [-0.1, -0.05) is 66.7 Å². The second-order valence-electron chi connectivity index (χ2n) is 16.6. The lowest BCUT2D eigenvalue weighted by Gasteiger charge is -2.34. The third kappa shape index (κ3) is 9.40. The number of carbonyl (C=O) groups excluding carboxylic acids is 1. The predicted molar refractivity (Wildman–Crippen MR) is 235 cm³/mol. The highest BCUT2D eigenvalue weighted by Crippen LogP contribution is 2.32. The molecule has 6 heterocycles. The van der Waals surface area contributed by atoms with Crippen LogP contribution in [-0.2, 0) is 4.74 Å². The number of amides is 1. The number of benzene rings is 3. The SMILES string of the molecule is CC(C)(C)OC(=O)N1CCCC(c2ccc(-c3cnc4c(Br)cnn4c3)cc2)C1.CC(O)c1cccc(-c2cnn3cc(-c4ccc(C5CCCNC5)cc4)cnc23)c1. The van der Waals surface area contributed by atoms with Gasteiger partial charge in [0.15, 0.2) is 11.3 Å². The molecule has 3 unspecified atom stereocenters. The highest BCUT2D eigenvalue weighted by atomic mass is 79.9. The largest absolute Gasteiger partial charge is 0.444 e. The highest BCUT2D eigenvalue weighted by Gasteiger charge is 2.28. The Morgan fingerprint density at radius 3 is 2.07 bits per heavy atom. The fraction of sp³-hybridized carbons (Fsp3) is 0.340. The van der Waals surface area contributed by atoms with Crippen LogP contribution in [0, 0.1) is 0 Å². The molecule has 2 aliphatic heterocycles. The topological polar surface area (TPSA) is 122 Å². The first kappa shape index (κ1) is 40.4. The van der Waals surface area contributed by atoms with E-state index in [0.717, 1.165) is 87.2 Å². The van der Waals surface area contributed by atoms with Crippen molar-refractivity contribution in [1.82, 2.24) is 39.4 Å². The standard InChI is InChI=1S/C25H26N4O.C22H25BrN4O2/c1-17(30)20-4-2-5-21(12-20)24-15-28-29-16-23(14-27-25(24)29)19-9-7-18(8-10-19)22-6-3-11-26-13-22;1-22(2,3)29-21(28)26-10-4-5-17(13-26)15-6-8-16(9-7-15)18-11-24-20-19(23)12-25-27(20)14-18/h2,4-5,7-10,12,14-17,22,26,30H,3,6,11,13H2,1H3;6-9,11-12,14,17H,4-5,10,13H2,1-3H3. The Bertz CT molecular complexity index is 2540. The molecule has 3 atom stereocenters. The number of likely N-dealkylation sites (tertiary alicyclic amines) is 1. The van der Waals surface area contributed by atoms with Crippen LogP contribution in [0.4, 0.5) is 4.79 Å². The number of rotatable bonds is 6. The number of halogens is 1. The van der Waals surface area contributed by atoms with Gasteiger partial charge in [-0.2, -0.15) is 10.2 Å². The van der Waals surface area contributed by atoms with Gasteiger partial charge in [-0.3, -0.25) is 0 Å². The minimum atomic E-state index is -0.501. The van der Waals surface area contributed by atoms with E-state index in [2.05, 4.69) is 85.0 Å². The van der Waals surface area contributed by atoms with Crippen molar-refractivity contribution in [3.63, 3.8) is 0 Å². The van der Waals surface area contributed by atoms with E-state index in [4.69, 9.17) is 9.72 Å². The molecular weight excluding hydrogens is 804 g/mol. The van der Waals surface area contributed by atoms with Crippen molar-refractivity contribution in [2.75, 3.05) is 26.2 Å². The molecule has 7 aromatic rings. The summed E-state index contributed by atoms with van der Waals surface area (Å²) in [5.41, 5.74) is 10.9. The molecule has 12 heteroatoms. The van der Waals surface area contributed by atoms with Gasteiger partial charge in [0.25, 0.3) is 0 Å². The second kappa shape index (κ2) is 17.4. The van der Waals surface area contributed by atoms with E-state index in [9.17, 15) is 9.90 Å². The van der Waals surface area contributed by atoms with Gasteiger partial charge >= 0.3 is 6.09 Å². The fourth-order valence-corrected chi connectivity index (χ4v) is 8.34. The summed E-state index contributed by atoms with van der Waals surface area (Å²) < 4.78 is 10.0. The molecule has 0 bridgehead atoms. The molecule has 0 radical (unpaired) electrons. The molecule has 2 fully saturated rings. The Morgan fingerprint density at radius 1 is 0.797 bits per heavy atom. The van der Waals surface area contributed by atoms with Crippen molar-refractivity contribution in [3.8, 4) is 33.4 Å². The number of aliphatic hydroxyl groups is 1. The van der Waals surface area contributed by atoms with E-state index in [0.29, 0.717) is 18.4 Å². The Morgan fingerprint density at radius 2 is 1.42 bits per heavy atom. The van der Waals surface area contributed by atoms with Gasteiger partial charge in [0.1, 0.15) is 5.60 Å². The Balaban J connectivity index is 0.000000164. The fourth-order valence-electron chi connectivity index (χ4n) is 7.96. The van der Waals surface area contributed by atoms with Crippen molar-refractivity contribution < 1.29 is 14.6 Å². The molecule has 2 N–H and O–H groups in total. The number of aliphatic hydroxyl groups excluding tert-OH is 1. The average molecular weight is 856 g/mol. The van der Waals surface area contributed by atoms with E-state index >= 15 is 0 Å². The van der Waals surface area contributed by atoms with Crippen LogP contribution in [-0.4, -0.2) is 77.1 Å². The predicted octanol–water partition coefficient (Wildman–Crippen LogP) is 9.86. The quantitative estimate of drug-likeness (QED) is 0.170. The van der Waals surface area contributed by atoms with Gasteiger partial charge in [0.2, 0.25) is 0 Å². The number of aromatic nitrogens is 6. The second-order valence-corrected chi connectivity index (χ2v) is 17.5. The molecule has 0 spiro atoms. The molecule has 0 aliphatic carbocycles. The summed E-state index contributed by atoms with van der Waals surface area (Å²) in [6.45, 7) is 11.1. The first-order chi connectivity index (χ1) is 28.5. The smallest absolute Gasteiger partial charge is 0.410 e. The van der Waals surface area contributed by atoms with E-state index in [1.54, 1.807) is 17.6 Å². The molecule has 0 saturated carbocycles. The molecule has 2 saturated heterocycles. The van der Waals surface area contributed by atoms with Crippen molar-refractivity contribution in [3.05, 3.63) is 131 Å². The Labute approximate surface area is 353 Å². The number of fused-ring (bicyclic) bond motifs is 2. The number of nitrogens with one attached hydrogen (secondary N) is 1. The zero-order valence-corrected chi connectivity index (χ0v) is 35.6. The maximum atomic E-state index is 12.4. The van der Waals surface area contributed by atoms with Crippen molar-refractivity contribution >= 4 is 33.3 Å². The van der Waals surface area contributed by atoms with Crippen LogP contribution in [0.2, 0.25) is 0 Å². The third-order valence-corrected chi connectivity index (χ3v) is 11.7. The van der Waals surface area contributed by atoms with Crippen LogP contribution in [0.5, 0.6) is 0 Å². The lowest BCUT2D eigenvalue weighted by molar-refractivity contribution is 0.0198. The lowest BCUT2D eigenvalue weighted by Crippen LogP contribution is -2.42. The first-order valence-corrected chi connectivity index (χ1v) is 21.3. The highest BCUT2D eigenvalue weighted by molar-refractivity contribution is 9.10. The van der Waals surface area contributed by atoms with Gasteiger partial charge in [-0.05, 0) is 121 Å². The molecule has 304 valence electrons. The van der Waals surface area contributed by atoms with Crippen LogP contribution in [0.3, 0.4) is 0 Å². The molecule has 4 aromatic heterocycles. The van der Waals surface area contributed by atoms with Crippen LogP contribution >= 0.6 is 15.9 Å². The van der Waals surface area contributed by atoms with Crippen LogP contribution in [0.1, 0.15) is 88.0 Å². The minimum Gasteiger partial charge on any atom is -0.444 e. The third-order valence-electron chi connectivity index (χ3n) is 11.2. The van der Waals surface area contributed by atoms with E-state index in [1.807, 2.05) is 85.4 Å². The lowest BCUT2D eigenvalue weighted by atomic mass is 9.90. The van der Waals surface area contributed by atoms with E-state index < -0.39 is 11.7 Å². The maximum Gasteiger partial charge on any atom is 0.410 e. The van der Waals surface area contributed by atoms with Gasteiger partial charge in [0.05, 0.1) is 23.0 Å². The summed E-state index contributed by atoms with van der Waals surface area (Å²) >= 11 is 3.45.